The van der Waals surface area contributed by atoms with Gasteiger partial charge in [0.2, 0.25) is 0 Å². The molecule has 2 bridgehead atoms. The number of imidazole rings is 2. The number of hydrogen-bond acceptors (Lipinski definition) is 4. The first-order chi connectivity index (χ1) is 20.8. The molecule has 10 rings (SSSR count). The molecule has 5 aliphatic rings. The molecule has 3 aromatic carbocycles. The fraction of sp³-hybridized carbons (Fsp3) is 0.389. The van der Waals surface area contributed by atoms with Gasteiger partial charge in [-0.05, 0) is 127 Å². The standard InChI is InChI=1S/C36H38N6/c1-3-29(37-17-1)35-39-20-32(42-35)22-7-5-21(6-8-22)26-14-15-27(34-24-11-9-23(10-12-24)33(26)34)25-13-16-28-31(19-25)41-36(40-28)30-4-2-18-38-30/h5-8,13-16,19-20,23-24,29-30,37-38H,1-4,9-12,17-18H2,(H,39,42)(H,40,41). The lowest BCUT2D eigenvalue weighted by atomic mass is 9.63. The van der Waals surface area contributed by atoms with Crippen molar-refractivity contribution in [1.82, 2.24) is 30.6 Å². The molecule has 2 aliphatic heterocycles. The van der Waals surface area contributed by atoms with E-state index < -0.39 is 0 Å². The molecule has 2 unspecified atom stereocenters. The molecule has 2 aromatic heterocycles. The number of nitrogens with zero attached hydrogens (tertiary/aromatic N) is 2. The van der Waals surface area contributed by atoms with Crippen LogP contribution in [0.3, 0.4) is 0 Å². The monoisotopic (exact) mass is 554 g/mol. The van der Waals surface area contributed by atoms with Crippen LogP contribution in [0.4, 0.5) is 0 Å². The topological polar surface area (TPSA) is 81.4 Å². The van der Waals surface area contributed by atoms with Gasteiger partial charge in [0, 0.05) is 0 Å². The van der Waals surface area contributed by atoms with E-state index in [1.165, 1.54) is 66.3 Å². The molecule has 4 N–H and O–H groups in total. The summed E-state index contributed by atoms with van der Waals surface area (Å²) in [4.78, 5) is 16.8. The van der Waals surface area contributed by atoms with Gasteiger partial charge in [0.15, 0.2) is 0 Å². The number of aromatic nitrogens is 4. The number of rotatable bonds is 5. The summed E-state index contributed by atoms with van der Waals surface area (Å²) in [6.07, 6.45) is 12.0. The molecular formula is C36H38N6. The van der Waals surface area contributed by atoms with E-state index >= 15 is 0 Å². The van der Waals surface area contributed by atoms with Gasteiger partial charge in [-0.1, -0.05) is 42.5 Å². The molecule has 5 aromatic rings. The van der Waals surface area contributed by atoms with E-state index in [-0.39, 0.29) is 0 Å². The molecule has 212 valence electrons. The van der Waals surface area contributed by atoms with Gasteiger partial charge in [-0.3, -0.25) is 0 Å². The smallest absolute Gasteiger partial charge is 0.124 e. The summed E-state index contributed by atoms with van der Waals surface area (Å²) in [6, 6.07) is 21.5. The minimum atomic E-state index is 0.356. The molecule has 3 aliphatic carbocycles. The highest BCUT2D eigenvalue weighted by molar-refractivity contribution is 5.86. The first-order valence-electron chi connectivity index (χ1n) is 16.1. The van der Waals surface area contributed by atoms with Gasteiger partial charge in [-0.15, -0.1) is 0 Å². The summed E-state index contributed by atoms with van der Waals surface area (Å²) in [5, 5.41) is 7.13. The van der Waals surface area contributed by atoms with E-state index in [2.05, 4.69) is 80.2 Å². The summed E-state index contributed by atoms with van der Waals surface area (Å²) >= 11 is 0. The molecular weight excluding hydrogens is 516 g/mol. The maximum atomic E-state index is 4.93. The quantitative estimate of drug-likeness (QED) is 0.178. The molecule has 6 heteroatoms. The zero-order valence-corrected chi connectivity index (χ0v) is 24.0. The summed E-state index contributed by atoms with van der Waals surface area (Å²) in [6.45, 7) is 2.16. The lowest BCUT2D eigenvalue weighted by molar-refractivity contribution is 0.360. The Bertz CT molecular complexity index is 1760. The molecule has 0 amide bonds. The van der Waals surface area contributed by atoms with Crippen LogP contribution in [0.2, 0.25) is 0 Å². The largest absolute Gasteiger partial charge is 0.341 e. The minimum Gasteiger partial charge on any atom is -0.341 e. The zero-order chi connectivity index (χ0) is 27.6. The molecule has 3 fully saturated rings. The van der Waals surface area contributed by atoms with Crippen LogP contribution >= 0.6 is 0 Å². The van der Waals surface area contributed by atoms with E-state index in [0.29, 0.717) is 23.9 Å². The van der Waals surface area contributed by atoms with E-state index in [0.717, 1.165) is 54.3 Å². The fourth-order valence-electron chi connectivity index (χ4n) is 8.38. The van der Waals surface area contributed by atoms with Crippen molar-refractivity contribution in [3.8, 4) is 33.5 Å². The Morgan fingerprint density at radius 3 is 1.88 bits per heavy atom. The van der Waals surface area contributed by atoms with Crippen molar-refractivity contribution >= 4 is 11.0 Å². The van der Waals surface area contributed by atoms with Gasteiger partial charge in [0.1, 0.15) is 11.6 Å². The highest BCUT2D eigenvalue weighted by Gasteiger charge is 2.36. The van der Waals surface area contributed by atoms with E-state index in [1.54, 1.807) is 11.1 Å². The minimum absolute atomic E-state index is 0.356. The molecule has 0 radical (unpaired) electrons. The van der Waals surface area contributed by atoms with E-state index in [4.69, 9.17) is 4.98 Å². The number of hydrogen-bond donors (Lipinski definition) is 4. The maximum Gasteiger partial charge on any atom is 0.124 e. The fourth-order valence-corrected chi connectivity index (χ4v) is 8.38. The Labute approximate surface area is 246 Å². The average molecular weight is 555 g/mol. The predicted octanol–water partition coefficient (Wildman–Crippen LogP) is 7.89. The molecule has 42 heavy (non-hydrogen) atoms. The molecule has 0 spiro atoms. The van der Waals surface area contributed by atoms with Crippen molar-refractivity contribution in [2.75, 3.05) is 13.1 Å². The molecule has 6 nitrogen and oxygen atoms in total. The Hall–Kier alpha value is -3.74. The molecule has 2 saturated heterocycles. The highest BCUT2D eigenvalue weighted by Crippen LogP contribution is 2.55. The first kappa shape index (κ1) is 24.8. The molecule has 1 saturated carbocycles. The van der Waals surface area contributed by atoms with Crippen LogP contribution in [-0.2, 0) is 0 Å². The van der Waals surface area contributed by atoms with E-state index in [1.807, 2.05) is 6.20 Å². The van der Waals surface area contributed by atoms with Gasteiger partial charge >= 0.3 is 0 Å². The third-order valence-corrected chi connectivity index (χ3v) is 10.5. The second-order valence-corrected chi connectivity index (χ2v) is 12.9. The maximum absolute atomic E-state index is 4.93. The van der Waals surface area contributed by atoms with Crippen molar-refractivity contribution in [2.24, 2.45) is 0 Å². The predicted molar refractivity (Wildman–Crippen MR) is 168 cm³/mol. The molecule has 2 atom stereocenters. The number of H-pyrrole nitrogens is 2. The van der Waals surface area contributed by atoms with Crippen LogP contribution in [0, 0.1) is 0 Å². The number of nitrogens with one attached hydrogen (secondary N) is 4. The van der Waals surface area contributed by atoms with Crippen molar-refractivity contribution in [1.29, 1.82) is 0 Å². The van der Waals surface area contributed by atoms with Gasteiger partial charge in [0.05, 0.1) is 35.0 Å². The third kappa shape index (κ3) is 4.07. The van der Waals surface area contributed by atoms with Crippen LogP contribution in [-0.4, -0.2) is 33.0 Å². The summed E-state index contributed by atoms with van der Waals surface area (Å²) in [7, 11) is 0. The number of fused-ring (bicyclic) bond motifs is 3. The lowest BCUT2D eigenvalue weighted by Gasteiger charge is -2.41. The van der Waals surface area contributed by atoms with Crippen LogP contribution in [0.5, 0.6) is 0 Å². The van der Waals surface area contributed by atoms with Crippen molar-refractivity contribution < 1.29 is 0 Å². The normalized spacial score (nSPS) is 25.0. The van der Waals surface area contributed by atoms with Crippen LogP contribution < -0.4 is 10.6 Å². The summed E-state index contributed by atoms with van der Waals surface area (Å²) in [5.41, 5.74) is 13.2. The zero-order valence-electron chi connectivity index (χ0n) is 24.0. The van der Waals surface area contributed by atoms with Crippen molar-refractivity contribution in [2.45, 2.75) is 75.3 Å². The Morgan fingerprint density at radius 2 is 1.21 bits per heavy atom. The van der Waals surface area contributed by atoms with E-state index in [9.17, 15) is 0 Å². The van der Waals surface area contributed by atoms with Crippen molar-refractivity contribution in [3.05, 3.63) is 83.6 Å². The third-order valence-electron chi connectivity index (χ3n) is 10.5. The van der Waals surface area contributed by atoms with Gasteiger partial charge in [0.25, 0.3) is 0 Å². The number of aromatic amines is 2. The SMILES string of the molecule is c1cc(-c2ccc(-c3ccc4nc(C5CCCN5)[nH]c4c3)c3c2C2CCC3CC2)ccc1-c1cnc(C2CCCN2)[nH]1. The Morgan fingerprint density at radius 1 is 0.595 bits per heavy atom. The Balaban J connectivity index is 1.08. The highest BCUT2D eigenvalue weighted by atomic mass is 15.0. The Kier molecular flexibility index (Phi) is 5.86. The van der Waals surface area contributed by atoms with Crippen LogP contribution in [0.25, 0.3) is 44.5 Å². The number of benzene rings is 3. The second-order valence-electron chi connectivity index (χ2n) is 12.9. The van der Waals surface area contributed by atoms with Crippen molar-refractivity contribution in [3.63, 3.8) is 0 Å². The second kappa shape index (κ2) is 9.92. The summed E-state index contributed by atoms with van der Waals surface area (Å²) < 4.78 is 0. The van der Waals surface area contributed by atoms with Gasteiger partial charge in [-0.25, -0.2) is 9.97 Å². The summed E-state index contributed by atoms with van der Waals surface area (Å²) in [5.74, 6) is 3.46. The van der Waals surface area contributed by atoms with Crippen LogP contribution in [0.1, 0.15) is 98.1 Å². The average Bonchev–Trinajstić information content (AvgIpc) is 3.87. The molecule has 4 heterocycles. The first-order valence-corrected chi connectivity index (χ1v) is 16.1. The van der Waals surface area contributed by atoms with Crippen LogP contribution in [0.15, 0.2) is 60.8 Å². The van der Waals surface area contributed by atoms with Gasteiger partial charge < -0.3 is 20.6 Å². The van der Waals surface area contributed by atoms with Gasteiger partial charge in [-0.2, -0.15) is 0 Å². The lowest BCUT2D eigenvalue weighted by Crippen LogP contribution is -2.23.